The van der Waals surface area contributed by atoms with Gasteiger partial charge >= 0.3 is 6.03 Å². The lowest BCUT2D eigenvalue weighted by Crippen LogP contribution is -2.61. The third-order valence-corrected chi connectivity index (χ3v) is 2.97. The van der Waals surface area contributed by atoms with E-state index in [2.05, 4.69) is 0 Å². The van der Waals surface area contributed by atoms with Crippen LogP contribution in [0.2, 0.25) is 0 Å². The van der Waals surface area contributed by atoms with Gasteiger partial charge in [-0.05, 0) is 0 Å². The van der Waals surface area contributed by atoms with E-state index in [0.717, 1.165) is 0 Å². The van der Waals surface area contributed by atoms with Crippen LogP contribution < -0.4 is 0 Å². The number of likely N-dealkylation sites (tertiary alicyclic amines) is 2. The van der Waals surface area contributed by atoms with Crippen molar-refractivity contribution in [2.45, 2.75) is 0 Å². The molecule has 80 valence electrons. The van der Waals surface area contributed by atoms with Gasteiger partial charge in [-0.15, -0.1) is 0 Å². The van der Waals surface area contributed by atoms with Crippen molar-refractivity contribution in [3.8, 4) is 0 Å². The maximum absolute atomic E-state index is 11.6. The standard InChI is InChI=1S/C9H16N2O3/c12-5-7-1-10(2-7)9(14)11-3-8(4-11)6-13/h7-8,12-13H,1-6H2. The molecule has 0 aromatic heterocycles. The molecular formula is C9H16N2O3. The molecule has 2 amide bonds. The van der Waals surface area contributed by atoms with Crippen molar-refractivity contribution in [3.05, 3.63) is 0 Å². The van der Waals surface area contributed by atoms with Crippen LogP contribution in [0.4, 0.5) is 4.79 Å². The number of amides is 2. The largest absolute Gasteiger partial charge is 0.396 e. The molecule has 0 bridgehead atoms. The van der Waals surface area contributed by atoms with Gasteiger partial charge in [0.1, 0.15) is 0 Å². The number of nitrogens with zero attached hydrogens (tertiary/aromatic N) is 2. The molecule has 2 fully saturated rings. The van der Waals surface area contributed by atoms with Crippen molar-refractivity contribution in [1.82, 2.24) is 9.80 Å². The molecule has 2 aliphatic rings. The first-order valence-electron chi connectivity index (χ1n) is 5.00. The number of hydrogen-bond donors (Lipinski definition) is 2. The third-order valence-electron chi connectivity index (χ3n) is 2.97. The summed E-state index contributed by atoms with van der Waals surface area (Å²) in [5.74, 6) is 0.544. The van der Waals surface area contributed by atoms with E-state index < -0.39 is 0 Å². The topological polar surface area (TPSA) is 64.0 Å². The number of rotatable bonds is 2. The number of carbonyl (C=O) groups is 1. The molecule has 2 aliphatic heterocycles. The monoisotopic (exact) mass is 200 g/mol. The molecule has 0 unspecified atom stereocenters. The van der Waals surface area contributed by atoms with Crippen molar-refractivity contribution >= 4 is 6.03 Å². The van der Waals surface area contributed by atoms with Gasteiger partial charge in [0, 0.05) is 51.2 Å². The molecule has 0 radical (unpaired) electrons. The Labute approximate surface area is 82.9 Å². The first kappa shape index (κ1) is 9.73. The summed E-state index contributed by atoms with van der Waals surface area (Å²) in [6.07, 6.45) is 0. The van der Waals surface area contributed by atoms with Crippen molar-refractivity contribution in [3.63, 3.8) is 0 Å². The molecule has 0 spiro atoms. The average molecular weight is 200 g/mol. The Balaban J connectivity index is 1.71. The molecule has 0 aromatic rings. The smallest absolute Gasteiger partial charge is 0.320 e. The normalized spacial score (nSPS) is 23.3. The van der Waals surface area contributed by atoms with Gasteiger partial charge in [-0.25, -0.2) is 4.79 Å². The fraction of sp³-hybridized carbons (Fsp3) is 0.889. The van der Waals surface area contributed by atoms with Crippen LogP contribution in [0.1, 0.15) is 0 Å². The second-order valence-corrected chi connectivity index (χ2v) is 4.19. The summed E-state index contributed by atoms with van der Waals surface area (Å²) in [6, 6.07) is 0.0550. The van der Waals surface area contributed by atoms with E-state index in [1.54, 1.807) is 9.80 Å². The number of aliphatic hydroxyl groups is 2. The van der Waals surface area contributed by atoms with Crippen LogP contribution in [0.5, 0.6) is 0 Å². The molecule has 0 aromatic carbocycles. The van der Waals surface area contributed by atoms with Crippen molar-refractivity contribution in [2.75, 3.05) is 39.4 Å². The predicted octanol–water partition coefficient (Wildman–Crippen LogP) is -1.05. The maximum Gasteiger partial charge on any atom is 0.320 e. The van der Waals surface area contributed by atoms with Crippen LogP contribution in [0.15, 0.2) is 0 Å². The van der Waals surface area contributed by atoms with E-state index in [-0.39, 0.29) is 31.1 Å². The minimum absolute atomic E-state index is 0.0550. The molecule has 5 heteroatoms. The zero-order valence-electron chi connectivity index (χ0n) is 8.09. The van der Waals surface area contributed by atoms with Gasteiger partial charge in [0.05, 0.1) is 0 Å². The maximum atomic E-state index is 11.6. The lowest BCUT2D eigenvalue weighted by Gasteiger charge is -2.46. The van der Waals surface area contributed by atoms with Crippen LogP contribution in [-0.4, -0.2) is 65.4 Å². The Morgan fingerprint density at radius 3 is 1.64 bits per heavy atom. The van der Waals surface area contributed by atoms with Crippen molar-refractivity contribution < 1.29 is 15.0 Å². The van der Waals surface area contributed by atoms with Gasteiger partial charge in [0.2, 0.25) is 0 Å². The van der Waals surface area contributed by atoms with Gasteiger partial charge in [-0.1, -0.05) is 0 Å². The molecule has 2 heterocycles. The first-order chi connectivity index (χ1) is 6.74. The van der Waals surface area contributed by atoms with E-state index >= 15 is 0 Å². The molecule has 2 saturated heterocycles. The minimum atomic E-state index is 0.0550. The summed E-state index contributed by atoms with van der Waals surface area (Å²) >= 11 is 0. The summed E-state index contributed by atoms with van der Waals surface area (Å²) in [4.78, 5) is 15.1. The molecule has 0 aliphatic carbocycles. The van der Waals surface area contributed by atoms with Crippen LogP contribution in [0.25, 0.3) is 0 Å². The van der Waals surface area contributed by atoms with Crippen LogP contribution in [0.3, 0.4) is 0 Å². The number of aliphatic hydroxyl groups excluding tert-OH is 2. The van der Waals surface area contributed by atoms with E-state index in [1.165, 1.54) is 0 Å². The Morgan fingerprint density at radius 2 is 1.36 bits per heavy atom. The van der Waals surface area contributed by atoms with E-state index in [0.29, 0.717) is 26.2 Å². The number of hydrogen-bond acceptors (Lipinski definition) is 3. The van der Waals surface area contributed by atoms with Gasteiger partial charge in [0.25, 0.3) is 0 Å². The van der Waals surface area contributed by atoms with E-state index in [9.17, 15) is 4.79 Å². The zero-order valence-corrected chi connectivity index (χ0v) is 8.09. The van der Waals surface area contributed by atoms with Gasteiger partial charge in [-0.3, -0.25) is 0 Å². The average Bonchev–Trinajstić information content (AvgIpc) is 2.00. The summed E-state index contributed by atoms with van der Waals surface area (Å²) in [7, 11) is 0. The number of urea groups is 1. The number of carbonyl (C=O) groups excluding carboxylic acids is 1. The van der Waals surface area contributed by atoms with Crippen molar-refractivity contribution in [2.24, 2.45) is 11.8 Å². The fourth-order valence-corrected chi connectivity index (χ4v) is 1.88. The Kier molecular flexibility index (Phi) is 2.60. The highest BCUT2D eigenvalue weighted by Crippen LogP contribution is 2.21. The van der Waals surface area contributed by atoms with Gasteiger partial charge in [0.15, 0.2) is 0 Å². The van der Waals surface area contributed by atoms with Gasteiger partial charge in [-0.2, -0.15) is 0 Å². The fourth-order valence-electron chi connectivity index (χ4n) is 1.88. The van der Waals surface area contributed by atoms with Crippen molar-refractivity contribution in [1.29, 1.82) is 0 Å². The van der Waals surface area contributed by atoms with Crippen LogP contribution >= 0.6 is 0 Å². The SMILES string of the molecule is O=C(N1CC(CO)C1)N1CC(CO)C1. The molecular weight excluding hydrogens is 184 g/mol. The summed E-state index contributed by atoms with van der Waals surface area (Å²) < 4.78 is 0. The summed E-state index contributed by atoms with van der Waals surface area (Å²) in [5, 5.41) is 17.6. The lowest BCUT2D eigenvalue weighted by molar-refractivity contribution is 0.0231. The van der Waals surface area contributed by atoms with E-state index in [1.807, 2.05) is 0 Å². The molecule has 2 N–H and O–H groups in total. The second-order valence-electron chi connectivity index (χ2n) is 4.19. The Hall–Kier alpha value is -0.810. The lowest BCUT2D eigenvalue weighted by atomic mass is 9.99. The second kappa shape index (κ2) is 3.74. The molecule has 0 atom stereocenters. The highest BCUT2D eigenvalue weighted by atomic mass is 16.3. The summed E-state index contributed by atoms with van der Waals surface area (Å²) in [5.41, 5.74) is 0. The van der Waals surface area contributed by atoms with Crippen LogP contribution in [0, 0.1) is 11.8 Å². The van der Waals surface area contributed by atoms with Gasteiger partial charge < -0.3 is 20.0 Å². The molecule has 14 heavy (non-hydrogen) atoms. The zero-order chi connectivity index (χ0) is 10.1. The van der Waals surface area contributed by atoms with Crippen LogP contribution in [-0.2, 0) is 0 Å². The third kappa shape index (κ3) is 1.57. The molecule has 5 nitrogen and oxygen atoms in total. The highest BCUT2D eigenvalue weighted by Gasteiger charge is 2.37. The highest BCUT2D eigenvalue weighted by molar-refractivity contribution is 5.76. The Bertz CT molecular complexity index is 200. The predicted molar refractivity (Wildman–Crippen MR) is 49.7 cm³/mol. The Morgan fingerprint density at radius 1 is 1.00 bits per heavy atom. The molecule has 2 rings (SSSR count). The molecule has 0 saturated carbocycles. The van der Waals surface area contributed by atoms with E-state index in [4.69, 9.17) is 10.2 Å². The first-order valence-corrected chi connectivity index (χ1v) is 5.00. The minimum Gasteiger partial charge on any atom is -0.396 e. The quantitative estimate of drug-likeness (QED) is 0.598. The summed E-state index contributed by atoms with van der Waals surface area (Å²) in [6.45, 7) is 3.04.